The molecule has 1 saturated carbocycles. The van der Waals surface area contributed by atoms with Gasteiger partial charge in [0.15, 0.2) is 0 Å². The van der Waals surface area contributed by atoms with Crippen molar-refractivity contribution in [3.05, 3.63) is 15.8 Å². The molecule has 0 saturated heterocycles. The topological polar surface area (TPSA) is 73.0 Å². The van der Waals surface area contributed by atoms with Gasteiger partial charge in [-0.25, -0.2) is 4.68 Å². The van der Waals surface area contributed by atoms with Crippen LogP contribution in [0.3, 0.4) is 0 Å². The van der Waals surface area contributed by atoms with Gasteiger partial charge in [-0.15, -0.1) is 0 Å². The lowest BCUT2D eigenvalue weighted by atomic mass is 9.80. The van der Waals surface area contributed by atoms with Crippen molar-refractivity contribution >= 4 is 11.5 Å². The van der Waals surface area contributed by atoms with E-state index in [4.69, 9.17) is 0 Å². The van der Waals surface area contributed by atoms with Gasteiger partial charge in [-0.2, -0.15) is 5.10 Å². The Morgan fingerprint density at radius 3 is 2.68 bits per heavy atom. The maximum absolute atomic E-state index is 11.1. The lowest BCUT2D eigenvalue weighted by molar-refractivity contribution is -0.384. The Bertz CT molecular complexity index is 483. The summed E-state index contributed by atoms with van der Waals surface area (Å²) in [5.41, 5.74) is 0.570. The van der Waals surface area contributed by atoms with Crippen LogP contribution in [0.15, 0.2) is 0 Å². The zero-order valence-corrected chi connectivity index (χ0v) is 12.0. The van der Waals surface area contributed by atoms with E-state index < -0.39 is 0 Å². The van der Waals surface area contributed by atoms with Crippen LogP contribution in [0.1, 0.15) is 38.8 Å². The summed E-state index contributed by atoms with van der Waals surface area (Å²) in [6.07, 6.45) is 3.40. The monoisotopic (exact) mass is 266 g/mol. The highest BCUT2D eigenvalue weighted by Gasteiger charge is 2.30. The van der Waals surface area contributed by atoms with Gasteiger partial charge < -0.3 is 5.32 Å². The van der Waals surface area contributed by atoms with Crippen LogP contribution < -0.4 is 5.32 Å². The quantitative estimate of drug-likeness (QED) is 0.674. The minimum atomic E-state index is -0.346. The van der Waals surface area contributed by atoms with Gasteiger partial charge in [0, 0.05) is 13.1 Å². The first-order valence-corrected chi connectivity index (χ1v) is 6.84. The molecule has 2 rings (SSSR count). The van der Waals surface area contributed by atoms with Crippen molar-refractivity contribution < 1.29 is 4.92 Å². The summed E-state index contributed by atoms with van der Waals surface area (Å²) in [6, 6.07) is 0.296. The van der Waals surface area contributed by atoms with Crippen molar-refractivity contribution in [1.29, 1.82) is 0 Å². The fraction of sp³-hybridized carbons (Fsp3) is 0.769. The number of nitrogens with zero attached hydrogens (tertiary/aromatic N) is 3. The third-order valence-corrected chi connectivity index (χ3v) is 4.13. The number of aromatic nitrogens is 2. The van der Waals surface area contributed by atoms with Crippen molar-refractivity contribution in [2.75, 3.05) is 5.32 Å². The molecule has 0 radical (unpaired) electrons. The maximum atomic E-state index is 11.1. The Hall–Kier alpha value is -1.59. The van der Waals surface area contributed by atoms with E-state index >= 15 is 0 Å². The minimum absolute atomic E-state index is 0.105. The molecule has 0 aliphatic heterocycles. The highest BCUT2D eigenvalue weighted by atomic mass is 16.6. The molecule has 0 amide bonds. The Morgan fingerprint density at radius 2 is 2.11 bits per heavy atom. The first-order valence-electron chi connectivity index (χ1n) is 6.84. The molecule has 0 spiro atoms. The van der Waals surface area contributed by atoms with Crippen LogP contribution in [0.5, 0.6) is 0 Å². The van der Waals surface area contributed by atoms with Crippen molar-refractivity contribution in [3.8, 4) is 0 Å². The molecule has 3 unspecified atom stereocenters. The second-order valence-corrected chi connectivity index (χ2v) is 5.81. The van der Waals surface area contributed by atoms with Crippen LogP contribution in [-0.2, 0) is 7.05 Å². The molecule has 0 bridgehead atoms. The molecule has 1 aromatic rings. The number of nitrogens with one attached hydrogen (secondary N) is 1. The molecular formula is C13H22N4O2. The SMILES string of the molecule is Cc1nn(C)c(NC2CCC(C)CC2C)c1[N+](=O)[O-]. The second kappa shape index (κ2) is 5.19. The Labute approximate surface area is 113 Å². The van der Waals surface area contributed by atoms with Crippen LogP contribution in [-0.4, -0.2) is 20.7 Å². The molecule has 106 valence electrons. The summed E-state index contributed by atoms with van der Waals surface area (Å²) in [4.78, 5) is 10.8. The number of rotatable bonds is 3. The molecule has 6 heteroatoms. The third-order valence-electron chi connectivity index (χ3n) is 4.13. The van der Waals surface area contributed by atoms with Crippen molar-refractivity contribution in [2.45, 2.75) is 46.1 Å². The smallest absolute Gasteiger partial charge is 0.333 e. The molecule has 3 atom stereocenters. The number of nitro groups is 1. The molecule has 1 aliphatic carbocycles. The zero-order chi connectivity index (χ0) is 14.2. The van der Waals surface area contributed by atoms with E-state index in [1.807, 2.05) is 0 Å². The summed E-state index contributed by atoms with van der Waals surface area (Å²) >= 11 is 0. The van der Waals surface area contributed by atoms with Crippen molar-refractivity contribution in [2.24, 2.45) is 18.9 Å². The van der Waals surface area contributed by atoms with Gasteiger partial charge >= 0.3 is 5.69 Å². The number of aryl methyl sites for hydroxylation is 2. The van der Waals surface area contributed by atoms with E-state index in [2.05, 4.69) is 24.3 Å². The summed E-state index contributed by atoms with van der Waals surface area (Å²) in [5, 5.41) is 18.6. The zero-order valence-electron chi connectivity index (χ0n) is 12.0. The predicted octanol–water partition coefficient (Wildman–Crippen LogP) is 2.87. The van der Waals surface area contributed by atoms with E-state index in [1.165, 1.54) is 12.8 Å². The van der Waals surface area contributed by atoms with Crippen LogP contribution in [0, 0.1) is 28.9 Å². The van der Waals surface area contributed by atoms with Crippen LogP contribution in [0.4, 0.5) is 11.5 Å². The molecule has 19 heavy (non-hydrogen) atoms. The maximum Gasteiger partial charge on any atom is 0.333 e. The Morgan fingerprint density at radius 1 is 1.42 bits per heavy atom. The molecule has 1 heterocycles. The summed E-state index contributed by atoms with van der Waals surface area (Å²) in [5.74, 6) is 1.81. The van der Waals surface area contributed by atoms with Crippen LogP contribution >= 0.6 is 0 Å². The second-order valence-electron chi connectivity index (χ2n) is 5.81. The molecule has 1 aromatic heterocycles. The van der Waals surface area contributed by atoms with Gasteiger partial charge in [-0.1, -0.05) is 13.8 Å². The standard InChI is InChI=1S/C13H22N4O2/c1-8-5-6-11(9(2)7-8)14-13-12(17(18)19)10(3)15-16(13)4/h8-9,11,14H,5-7H2,1-4H3. The first-order chi connectivity index (χ1) is 8.90. The van der Waals surface area contributed by atoms with E-state index in [0.717, 1.165) is 12.3 Å². The molecule has 0 aromatic carbocycles. The molecule has 1 N–H and O–H groups in total. The normalized spacial score (nSPS) is 27.3. The average molecular weight is 266 g/mol. The van der Waals surface area contributed by atoms with E-state index in [0.29, 0.717) is 23.5 Å². The first kappa shape index (κ1) is 13.8. The van der Waals surface area contributed by atoms with Crippen molar-refractivity contribution in [1.82, 2.24) is 9.78 Å². The largest absolute Gasteiger partial charge is 0.362 e. The summed E-state index contributed by atoms with van der Waals surface area (Å²) < 4.78 is 1.58. The number of hydrogen-bond acceptors (Lipinski definition) is 4. The molecule has 1 fully saturated rings. The van der Waals surface area contributed by atoms with E-state index in [9.17, 15) is 10.1 Å². The predicted molar refractivity (Wildman–Crippen MR) is 74.2 cm³/mol. The molecule has 1 aliphatic rings. The lowest BCUT2D eigenvalue weighted by Crippen LogP contribution is -2.33. The lowest BCUT2D eigenvalue weighted by Gasteiger charge is -2.33. The van der Waals surface area contributed by atoms with Crippen LogP contribution in [0.25, 0.3) is 0 Å². The van der Waals surface area contributed by atoms with Gasteiger partial charge in [0.25, 0.3) is 0 Å². The average Bonchev–Trinajstić information content (AvgIpc) is 2.57. The fourth-order valence-electron chi connectivity index (χ4n) is 3.08. The highest BCUT2D eigenvalue weighted by molar-refractivity contribution is 5.59. The van der Waals surface area contributed by atoms with Gasteiger partial charge in [0.1, 0.15) is 5.69 Å². The Balaban J connectivity index is 2.21. The van der Waals surface area contributed by atoms with Gasteiger partial charge in [-0.3, -0.25) is 10.1 Å². The van der Waals surface area contributed by atoms with Gasteiger partial charge in [0.05, 0.1) is 4.92 Å². The summed E-state index contributed by atoms with van der Waals surface area (Å²) in [6.45, 7) is 6.15. The van der Waals surface area contributed by atoms with E-state index in [1.54, 1.807) is 18.7 Å². The van der Waals surface area contributed by atoms with E-state index in [-0.39, 0.29) is 10.6 Å². The fourth-order valence-corrected chi connectivity index (χ4v) is 3.08. The highest BCUT2D eigenvalue weighted by Crippen LogP contribution is 2.34. The number of hydrogen-bond donors (Lipinski definition) is 1. The Kier molecular flexibility index (Phi) is 3.78. The van der Waals surface area contributed by atoms with Gasteiger partial charge in [-0.05, 0) is 38.0 Å². The molecule has 6 nitrogen and oxygen atoms in total. The summed E-state index contributed by atoms with van der Waals surface area (Å²) in [7, 11) is 1.75. The third kappa shape index (κ3) is 2.72. The molecular weight excluding hydrogens is 244 g/mol. The minimum Gasteiger partial charge on any atom is -0.362 e. The van der Waals surface area contributed by atoms with Gasteiger partial charge in [0.2, 0.25) is 5.82 Å². The van der Waals surface area contributed by atoms with Crippen LogP contribution in [0.2, 0.25) is 0 Å². The van der Waals surface area contributed by atoms with Crippen molar-refractivity contribution in [3.63, 3.8) is 0 Å². The number of anilines is 1.